The SMILES string of the molecule is CCCCCCNC1=NC(=O)CCS1. The first-order chi connectivity index (χ1) is 6.83. The molecule has 1 aliphatic heterocycles. The first-order valence-corrected chi connectivity index (χ1v) is 6.29. The van der Waals surface area contributed by atoms with E-state index in [2.05, 4.69) is 17.2 Å². The molecule has 0 aliphatic carbocycles. The minimum atomic E-state index is 0.0137. The Morgan fingerprint density at radius 3 is 3.00 bits per heavy atom. The van der Waals surface area contributed by atoms with Gasteiger partial charge in [-0.1, -0.05) is 37.9 Å². The predicted octanol–water partition coefficient (Wildman–Crippen LogP) is 2.18. The van der Waals surface area contributed by atoms with Crippen molar-refractivity contribution >= 4 is 22.8 Å². The minimum Gasteiger partial charge on any atom is -0.365 e. The number of amidine groups is 1. The average Bonchev–Trinajstić information content (AvgIpc) is 2.18. The third-order valence-electron chi connectivity index (χ3n) is 2.09. The van der Waals surface area contributed by atoms with E-state index in [1.54, 1.807) is 11.8 Å². The quantitative estimate of drug-likeness (QED) is 0.713. The average molecular weight is 214 g/mol. The van der Waals surface area contributed by atoms with Gasteiger partial charge in [-0.05, 0) is 6.42 Å². The molecule has 1 aliphatic rings. The van der Waals surface area contributed by atoms with Crippen LogP contribution in [-0.4, -0.2) is 23.4 Å². The number of hydrogen-bond donors (Lipinski definition) is 1. The standard InChI is InChI=1S/C10H18N2OS/c1-2-3-4-5-7-11-10-12-9(13)6-8-14-10/h2-8H2,1H3,(H,11,12,13). The van der Waals surface area contributed by atoms with Gasteiger partial charge in [0.15, 0.2) is 5.17 Å². The summed E-state index contributed by atoms with van der Waals surface area (Å²) < 4.78 is 0. The van der Waals surface area contributed by atoms with Gasteiger partial charge in [-0.25, -0.2) is 0 Å². The Kier molecular flexibility index (Phi) is 5.68. The fourth-order valence-corrected chi connectivity index (χ4v) is 2.11. The van der Waals surface area contributed by atoms with E-state index in [9.17, 15) is 4.79 Å². The van der Waals surface area contributed by atoms with E-state index >= 15 is 0 Å². The molecule has 0 spiro atoms. The molecule has 0 atom stereocenters. The third-order valence-corrected chi connectivity index (χ3v) is 3.00. The van der Waals surface area contributed by atoms with Crippen molar-refractivity contribution in [3.63, 3.8) is 0 Å². The molecule has 0 aromatic heterocycles. The van der Waals surface area contributed by atoms with Crippen LogP contribution in [0.1, 0.15) is 39.0 Å². The lowest BCUT2D eigenvalue weighted by molar-refractivity contribution is -0.117. The number of carbonyl (C=O) groups excluding carboxylic acids is 1. The number of aliphatic imine (C=N–C) groups is 1. The van der Waals surface area contributed by atoms with Crippen LogP contribution < -0.4 is 5.32 Å². The highest BCUT2D eigenvalue weighted by atomic mass is 32.2. The van der Waals surface area contributed by atoms with Crippen LogP contribution in [-0.2, 0) is 4.79 Å². The van der Waals surface area contributed by atoms with Crippen LogP contribution in [0.4, 0.5) is 0 Å². The van der Waals surface area contributed by atoms with Gasteiger partial charge in [0.2, 0.25) is 5.91 Å². The Morgan fingerprint density at radius 2 is 2.29 bits per heavy atom. The van der Waals surface area contributed by atoms with E-state index in [-0.39, 0.29) is 5.91 Å². The molecule has 0 aromatic carbocycles. The first-order valence-electron chi connectivity index (χ1n) is 5.31. The summed E-state index contributed by atoms with van der Waals surface area (Å²) in [4.78, 5) is 14.9. The van der Waals surface area contributed by atoms with Crippen LogP contribution >= 0.6 is 11.8 Å². The normalized spacial score (nSPS) is 16.6. The Labute approximate surface area is 89.7 Å². The molecule has 0 aromatic rings. The molecule has 80 valence electrons. The molecule has 14 heavy (non-hydrogen) atoms. The zero-order valence-corrected chi connectivity index (χ0v) is 9.53. The van der Waals surface area contributed by atoms with Crippen LogP contribution in [0.2, 0.25) is 0 Å². The maximum absolute atomic E-state index is 11.0. The molecule has 0 saturated carbocycles. The Morgan fingerprint density at radius 1 is 1.43 bits per heavy atom. The molecular formula is C10H18N2OS. The van der Waals surface area contributed by atoms with Gasteiger partial charge in [0.05, 0.1) is 0 Å². The predicted molar refractivity (Wildman–Crippen MR) is 61.7 cm³/mol. The lowest BCUT2D eigenvalue weighted by atomic mass is 10.2. The number of hydrogen-bond acceptors (Lipinski definition) is 3. The van der Waals surface area contributed by atoms with Crippen LogP contribution in [0.5, 0.6) is 0 Å². The fraction of sp³-hybridized carbons (Fsp3) is 0.800. The van der Waals surface area contributed by atoms with Crippen molar-refractivity contribution < 1.29 is 4.79 Å². The summed E-state index contributed by atoms with van der Waals surface area (Å²) in [5.41, 5.74) is 0. The summed E-state index contributed by atoms with van der Waals surface area (Å²) in [5, 5.41) is 4.02. The van der Waals surface area contributed by atoms with Gasteiger partial charge in [0.1, 0.15) is 0 Å². The van der Waals surface area contributed by atoms with Gasteiger partial charge in [-0.3, -0.25) is 4.79 Å². The third kappa shape index (κ3) is 4.65. The van der Waals surface area contributed by atoms with Gasteiger partial charge in [-0.15, -0.1) is 0 Å². The zero-order valence-electron chi connectivity index (χ0n) is 8.71. The van der Waals surface area contributed by atoms with Crippen molar-refractivity contribution in [2.45, 2.75) is 39.0 Å². The first kappa shape index (κ1) is 11.6. The van der Waals surface area contributed by atoms with Crippen molar-refractivity contribution in [3.05, 3.63) is 0 Å². The van der Waals surface area contributed by atoms with Gasteiger partial charge >= 0.3 is 0 Å². The number of thioether (sulfide) groups is 1. The summed E-state index contributed by atoms with van der Waals surface area (Å²) in [7, 11) is 0. The maximum Gasteiger partial charge on any atom is 0.248 e. The molecule has 0 radical (unpaired) electrons. The number of carbonyl (C=O) groups is 1. The summed E-state index contributed by atoms with van der Waals surface area (Å²) in [5.74, 6) is 0.888. The van der Waals surface area contributed by atoms with E-state index < -0.39 is 0 Å². The topological polar surface area (TPSA) is 41.5 Å². The van der Waals surface area contributed by atoms with Gasteiger partial charge in [0, 0.05) is 18.7 Å². The van der Waals surface area contributed by atoms with Gasteiger partial charge in [0.25, 0.3) is 0 Å². The van der Waals surface area contributed by atoms with E-state index in [1.165, 1.54) is 25.7 Å². The number of rotatable bonds is 5. The van der Waals surface area contributed by atoms with Crippen molar-refractivity contribution in [2.75, 3.05) is 12.3 Å². The van der Waals surface area contributed by atoms with Crippen LogP contribution in [0.25, 0.3) is 0 Å². The van der Waals surface area contributed by atoms with Crippen molar-refractivity contribution in [3.8, 4) is 0 Å². The lowest BCUT2D eigenvalue weighted by Gasteiger charge is -2.11. The molecule has 1 rings (SSSR count). The van der Waals surface area contributed by atoms with Gasteiger partial charge < -0.3 is 5.32 Å². The molecule has 1 amide bonds. The van der Waals surface area contributed by atoms with Crippen molar-refractivity contribution in [1.82, 2.24) is 5.32 Å². The number of nitrogens with zero attached hydrogens (tertiary/aromatic N) is 1. The van der Waals surface area contributed by atoms with E-state index in [0.717, 1.165) is 17.5 Å². The van der Waals surface area contributed by atoms with Gasteiger partial charge in [-0.2, -0.15) is 4.99 Å². The molecule has 1 heterocycles. The summed E-state index contributed by atoms with van der Waals surface area (Å²) >= 11 is 1.65. The molecule has 0 unspecified atom stereocenters. The molecule has 0 bridgehead atoms. The number of amides is 1. The molecular weight excluding hydrogens is 196 g/mol. The molecule has 3 nitrogen and oxygen atoms in total. The Balaban J connectivity index is 2.08. The highest BCUT2D eigenvalue weighted by molar-refractivity contribution is 8.13. The highest BCUT2D eigenvalue weighted by Crippen LogP contribution is 2.11. The summed E-state index contributed by atoms with van der Waals surface area (Å²) in [6, 6.07) is 0. The Bertz CT molecular complexity index is 216. The fourth-order valence-electron chi connectivity index (χ4n) is 1.27. The molecule has 0 fully saturated rings. The molecule has 1 N–H and O–H groups in total. The second-order valence-electron chi connectivity index (χ2n) is 3.40. The number of nitrogens with one attached hydrogen (secondary N) is 1. The second-order valence-corrected chi connectivity index (χ2v) is 4.48. The molecule has 4 heteroatoms. The van der Waals surface area contributed by atoms with E-state index in [4.69, 9.17) is 0 Å². The van der Waals surface area contributed by atoms with Crippen molar-refractivity contribution in [2.24, 2.45) is 4.99 Å². The molecule has 0 saturated heterocycles. The Hall–Kier alpha value is -0.510. The van der Waals surface area contributed by atoms with Crippen LogP contribution in [0.15, 0.2) is 4.99 Å². The smallest absolute Gasteiger partial charge is 0.248 e. The van der Waals surface area contributed by atoms with E-state index in [0.29, 0.717) is 6.42 Å². The zero-order chi connectivity index (χ0) is 10.2. The van der Waals surface area contributed by atoms with E-state index in [1.807, 2.05) is 0 Å². The van der Waals surface area contributed by atoms with Crippen molar-refractivity contribution in [1.29, 1.82) is 0 Å². The van der Waals surface area contributed by atoms with Crippen LogP contribution in [0, 0.1) is 0 Å². The summed E-state index contributed by atoms with van der Waals surface area (Å²) in [6.45, 7) is 3.15. The second kappa shape index (κ2) is 6.87. The van der Waals surface area contributed by atoms with Crippen LogP contribution in [0.3, 0.4) is 0 Å². The largest absolute Gasteiger partial charge is 0.365 e. The monoisotopic (exact) mass is 214 g/mol. The minimum absolute atomic E-state index is 0.0137. The lowest BCUT2D eigenvalue weighted by Crippen LogP contribution is -2.25. The maximum atomic E-state index is 11.0. The highest BCUT2D eigenvalue weighted by Gasteiger charge is 2.10. The number of unbranched alkanes of at least 4 members (excludes halogenated alkanes) is 3. The summed E-state index contributed by atoms with van der Waals surface area (Å²) in [6.07, 6.45) is 5.57.